The molecule has 1 aromatic carbocycles. The normalized spacial score (nSPS) is 20.2. The third-order valence-electron chi connectivity index (χ3n) is 4.42. The van der Waals surface area contributed by atoms with Gasteiger partial charge in [-0.15, -0.1) is 0 Å². The molecular weight excluding hydrogens is 322 g/mol. The number of carbonyl (C=O) groups excluding carboxylic acids is 1. The van der Waals surface area contributed by atoms with Crippen molar-refractivity contribution in [1.29, 1.82) is 0 Å². The van der Waals surface area contributed by atoms with E-state index in [9.17, 15) is 9.59 Å². The summed E-state index contributed by atoms with van der Waals surface area (Å²) in [6, 6.07) is 11.2. The van der Waals surface area contributed by atoms with Gasteiger partial charge in [0.25, 0.3) is 0 Å². The van der Waals surface area contributed by atoms with Crippen LogP contribution in [0.3, 0.4) is 0 Å². The minimum atomic E-state index is -1.04. The average Bonchev–Trinajstić information content (AvgIpc) is 3.01. The second-order valence-corrected chi connectivity index (χ2v) is 6.16. The Morgan fingerprint density at radius 2 is 2.04 bits per heavy atom. The fraction of sp³-hybridized carbons (Fsp3) is 0.368. The second-order valence-electron chi connectivity index (χ2n) is 6.16. The number of carboxylic acids is 1. The molecule has 0 radical (unpaired) electrons. The van der Waals surface area contributed by atoms with E-state index in [0.29, 0.717) is 18.1 Å². The van der Waals surface area contributed by atoms with Crippen LogP contribution in [0, 0.1) is 12.8 Å². The number of nitrogens with one attached hydrogen (secondary N) is 1. The lowest BCUT2D eigenvalue weighted by molar-refractivity contribution is -0.135. The molecule has 0 aliphatic carbocycles. The lowest BCUT2D eigenvalue weighted by Crippen LogP contribution is -2.37. The van der Waals surface area contributed by atoms with Crippen molar-refractivity contribution < 1.29 is 23.8 Å². The zero-order valence-electron chi connectivity index (χ0n) is 14.0. The predicted octanol–water partition coefficient (Wildman–Crippen LogP) is 3.07. The number of rotatable bonds is 5. The number of benzene rings is 1. The first kappa shape index (κ1) is 17.2. The van der Waals surface area contributed by atoms with Crippen molar-refractivity contribution in [3.8, 4) is 0 Å². The molecule has 1 aliphatic heterocycles. The first-order chi connectivity index (χ1) is 12.1. The molecule has 1 aliphatic rings. The summed E-state index contributed by atoms with van der Waals surface area (Å²) in [5, 5.41) is 11.9. The molecule has 0 spiro atoms. The highest BCUT2D eigenvalue weighted by molar-refractivity contribution is 5.88. The van der Waals surface area contributed by atoms with E-state index < -0.39 is 5.97 Å². The minimum absolute atomic E-state index is 0.112. The molecule has 2 atom stereocenters. The molecule has 1 saturated heterocycles. The highest BCUT2D eigenvalue weighted by Gasteiger charge is 2.33. The van der Waals surface area contributed by atoms with Crippen molar-refractivity contribution in [3.63, 3.8) is 0 Å². The Kier molecular flexibility index (Phi) is 5.19. The Labute approximate surface area is 145 Å². The van der Waals surface area contributed by atoms with Crippen LogP contribution in [0.15, 0.2) is 40.8 Å². The Bertz CT molecular complexity index is 752. The van der Waals surface area contributed by atoms with Crippen LogP contribution < -0.4 is 5.32 Å². The summed E-state index contributed by atoms with van der Waals surface area (Å²) in [5.41, 5.74) is 1.11. The number of furan rings is 1. The van der Waals surface area contributed by atoms with E-state index in [-0.39, 0.29) is 30.0 Å². The molecular formula is C19H21NO5. The molecule has 2 aromatic rings. The molecule has 3 rings (SSSR count). The molecule has 2 N–H and O–H groups in total. The van der Waals surface area contributed by atoms with Gasteiger partial charge in [-0.25, -0.2) is 4.79 Å². The molecule has 1 amide bonds. The minimum Gasteiger partial charge on any atom is -0.478 e. The summed E-state index contributed by atoms with van der Waals surface area (Å²) in [6.07, 6.45) is 1.33. The first-order valence-electron chi connectivity index (χ1n) is 8.33. The van der Waals surface area contributed by atoms with Gasteiger partial charge in [-0.1, -0.05) is 30.3 Å². The average molecular weight is 343 g/mol. The van der Waals surface area contributed by atoms with Gasteiger partial charge in [0.1, 0.15) is 17.1 Å². The van der Waals surface area contributed by atoms with Crippen LogP contribution in [0.4, 0.5) is 0 Å². The van der Waals surface area contributed by atoms with E-state index in [1.165, 1.54) is 6.07 Å². The summed E-state index contributed by atoms with van der Waals surface area (Å²) in [7, 11) is 0. The highest BCUT2D eigenvalue weighted by atomic mass is 16.5. The summed E-state index contributed by atoms with van der Waals surface area (Å²) >= 11 is 0. The molecule has 0 saturated carbocycles. The van der Waals surface area contributed by atoms with Crippen molar-refractivity contribution in [2.45, 2.75) is 32.4 Å². The van der Waals surface area contributed by atoms with Gasteiger partial charge < -0.3 is 19.6 Å². The van der Waals surface area contributed by atoms with Crippen LogP contribution in [-0.4, -0.2) is 23.6 Å². The van der Waals surface area contributed by atoms with Gasteiger partial charge in [-0.05, 0) is 31.4 Å². The van der Waals surface area contributed by atoms with E-state index in [1.807, 2.05) is 30.3 Å². The SMILES string of the molecule is Cc1oc(CNC(=O)[C@@H]2CCCO[C@@H]2c2ccccc2)cc1C(=O)O. The quantitative estimate of drug-likeness (QED) is 0.871. The fourth-order valence-corrected chi connectivity index (χ4v) is 3.17. The van der Waals surface area contributed by atoms with Gasteiger partial charge in [-0.2, -0.15) is 0 Å². The molecule has 2 heterocycles. The molecule has 0 unspecified atom stereocenters. The number of hydrogen-bond donors (Lipinski definition) is 2. The summed E-state index contributed by atoms with van der Waals surface area (Å²) < 4.78 is 11.2. The molecule has 6 heteroatoms. The number of aryl methyl sites for hydroxylation is 1. The van der Waals surface area contributed by atoms with Crippen LogP contribution in [-0.2, 0) is 16.1 Å². The van der Waals surface area contributed by atoms with Crippen molar-refractivity contribution in [3.05, 3.63) is 59.0 Å². The number of aromatic carboxylic acids is 1. The lowest BCUT2D eigenvalue weighted by Gasteiger charge is -2.31. The monoisotopic (exact) mass is 343 g/mol. The zero-order valence-corrected chi connectivity index (χ0v) is 14.0. The van der Waals surface area contributed by atoms with E-state index in [0.717, 1.165) is 18.4 Å². The zero-order chi connectivity index (χ0) is 17.8. The maximum atomic E-state index is 12.6. The summed E-state index contributed by atoms with van der Waals surface area (Å²) in [6.45, 7) is 2.39. The Morgan fingerprint density at radius 1 is 1.28 bits per heavy atom. The Morgan fingerprint density at radius 3 is 2.72 bits per heavy atom. The number of amides is 1. The van der Waals surface area contributed by atoms with Gasteiger partial charge in [-0.3, -0.25) is 4.79 Å². The molecule has 6 nitrogen and oxygen atoms in total. The molecule has 0 bridgehead atoms. The van der Waals surface area contributed by atoms with Crippen molar-refractivity contribution in [1.82, 2.24) is 5.32 Å². The Balaban J connectivity index is 1.67. The van der Waals surface area contributed by atoms with Crippen molar-refractivity contribution >= 4 is 11.9 Å². The molecule has 1 aromatic heterocycles. The summed E-state index contributed by atoms with van der Waals surface area (Å²) in [5.74, 6) is -0.662. The highest BCUT2D eigenvalue weighted by Crippen LogP contribution is 2.33. The molecule has 132 valence electrons. The van der Waals surface area contributed by atoms with Gasteiger partial charge in [0, 0.05) is 6.61 Å². The lowest BCUT2D eigenvalue weighted by atomic mass is 9.89. The van der Waals surface area contributed by atoms with Crippen LogP contribution >= 0.6 is 0 Å². The van der Waals surface area contributed by atoms with Gasteiger partial charge in [0.15, 0.2) is 0 Å². The van der Waals surface area contributed by atoms with Gasteiger partial charge in [0.2, 0.25) is 5.91 Å². The van der Waals surface area contributed by atoms with E-state index >= 15 is 0 Å². The standard InChI is InChI=1S/C19H21NO5/c1-12-16(19(22)23)10-14(25-12)11-20-18(21)15-8-5-9-24-17(15)13-6-3-2-4-7-13/h2-4,6-7,10,15,17H,5,8-9,11H2,1H3,(H,20,21)(H,22,23)/t15-,17-/m1/s1. The Hall–Kier alpha value is -2.60. The largest absolute Gasteiger partial charge is 0.478 e. The number of ether oxygens (including phenoxy) is 1. The molecule has 25 heavy (non-hydrogen) atoms. The fourth-order valence-electron chi connectivity index (χ4n) is 3.17. The van der Waals surface area contributed by atoms with Crippen LogP contribution in [0.5, 0.6) is 0 Å². The second kappa shape index (κ2) is 7.53. The van der Waals surface area contributed by atoms with Crippen LogP contribution in [0.1, 0.15) is 46.4 Å². The van der Waals surface area contributed by atoms with Crippen molar-refractivity contribution in [2.24, 2.45) is 5.92 Å². The number of carboxylic acid groups (broad SMARTS) is 1. The van der Waals surface area contributed by atoms with Crippen molar-refractivity contribution in [2.75, 3.05) is 6.61 Å². The van der Waals surface area contributed by atoms with E-state index in [1.54, 1.807) is 6.92 Å². The number of hydrogen-bond acceptors (Lipinski definition) is 4. The number of carbonyl (C=O) groups is 2. The van der Waals surface area contributed by atoms with E-state index in [4.69, 9.17) is 14.3 Å². The van der Waals surface area contributed by atoms with Crippen LogP contribution in [0.25, 0.3) is 0 Å². The van der Waals surface area contributed by atoms with Gasteiger partial charge >= 0.3 is 5.97 Å². The maximum absolute atomic E-state index is 12.6. The first-order valence-corrected chi connectivity index (χ1v) is 8.33. The summed E-state index contributed by atoms with van der Waals surface area (Å²) in [4.78, 5) is 23.7. The third-order valence-corrected chi connectivity index (χ3v) is 4.42. The van der Waals surface area contributed by atoms with Crippen LogP contribution in [0.2, 0.25) is 0 Å². The van der Waals surface area contributed by atoms with E-state index in [2.05, 4.69) is 5.32 Å². The molecule has 1 fully saturated rings. The van der Waals surface area contributed by atoms with Gasteiger partial charge in [0.05, 0.1) is 18.6 Å². The third kappa shape index (κ3) is 3.91. The maximum Gasteiger partial charge on any atom is 0.339 e. The smallest absolute Gasteiger partial charge is 0.339 e. The topological polar surface area (TPSA) is 88.8 Å². The predicted molar refractivity (Wildman–Crippen MR) is 90.1 cm³/mol.